The highest BCUT2D eigenvalue weighted by Crippen LogP contribution is 2.47. The van der Waals surface area contributed by atoms with Crippen LogP contribution in [0.5, 0.6) is 0 Å². The van der Waals surface area contributed by atoms with Gasteiger partial charge in [0.15, 0.2) is 0 Å². The first-order chi connectivity index (χ1) is 33.7. The summed E-state index contributed by atoms with van der Waals surface area (Å²) in [7, 11) is 0. The first kappa shape index (κ1) is 40.7. The van der Waals surface area contributed by atoms with E-state index in [0.717, 1.165) is 28.2 Å². The molecular formula is C67H47N. The predicted octanol–water partition coefficient (Wildman–Crippen LogP) is 18.5. The van der Waals surface area contributed by atoms with Crippen molar-refractivity contribution in [3.8, 4) is 44.5 Å². The smallest absolute Gasteiger partial charge is 0.0546 e. The topological polar surface area (TPSA) is 3.24 Å². The van der Waals surface area contributed by atoms with Crippen LogP contribution < -0.4 is 4.90 Å². The fraction of sp³-hybridized carbons (Fsp3) is 0.0149. The van der Waals surface area contributed by atoms with Crippen LogP contribution in [0.1, 0.15) is 22.6 Å². The molecule has 0 aromatic heterocycles. The highest BCUT2D eigenvalue weighted by Gasteiger charge is 2.23. The zero-order valence-corrected chi connectivity index (χ0v) is 37.6. The molecule has 0 aliphatic rings. The van der Waals surface area contributed by atoms with Crippen molar-refractivity contribution in [2.75, 3.05) is 4.90 Å². The van der Waals surface area contributed by atoms with Gasteiger partial charge in [-0.05, 0) is 143 Å². The number of hydrogen-bond acceptors (Lipinski definition) is 1. The molecule has 68 heavy (non-hydrogen) atoms. The van der Waals surface area contributed by atoms with Crippen LogP contribution in [-0.4, -0.2) is 0 Å². The van der Waals surface area contributed by atoms with E-state index in [1.807, 2.05) is 0 Å². The lowest BCUT2D eigenvalue weighted by Crippen LogP contribution is -2.11. The van der Waals surface area contributed by atoms with Crippen LogP contribution in [0.15, 0.2) is 279 Å². The van der Waals surface area contributed by atoms with Gasteiger partial charge in [-0.15, -0.1) is 0 Å². The molecule has 0 N–H and O–H groups in total. The van der Waals surface area contributed by atoms with Crippen molar-refractivity contribution in [3.63, 3.8) is 0 Å². The molecule has 1 atom stereocenters. The number of fused-ring (bicyclic) bond motifs is 3. The Morgan fingerprint density at radius 1 is 0.235 bits per heavy atom. The summed E-state index contributed by atoms with van der Waals surface area (Å²) in [5.41, 5.74) is 16.6. The van der Waals surface area contributed by atoms with Gasteiger partial charge in [-0.2, -0.15) is 0 Å². The lowest BCUT2D eigenvalue weighted by molar-refractivity contribution is 0.981. The quantitative estimate of drug-likeness (QED) is 0.124. The lowest BCUT2D eigenvalue weighted by atomic mass is 9.81. The van der Waals surface area contributed by atoms with E-state index < -0.39 is 0 Å². The Balaban J connectivity index is 1.05. The van der Waals surface area contributed by atoms with Gasteiger partial charge in [0.1, 0.15) is 0 Å². The minimum Gasteiger partial charge on any atom is -0.310 e. The molecule has 1 nitrogen and oxygen atoms in total. The van der Waals surface area contributed by atoms with Crippen LogP contribution in [-0.2, 0) is 0 Å². The second-order valence-electron chi connectivity index (χ2n) is 17.7. The molecule has 0 radical (unpaired) electrons. The largest absolute Gasteiger partial charge is 0.310 e. The highest BCUT2D eigenvalue weighted by atomic mass is 15.1. The third kappa shape index (κ3) is 7.91. The van der Waals surface area contributed by atoms with Gasteiger partial charge in [0.25, 0.3) is 0 Å². The molecule has 12 aromatic rings. The van der Waals surface area contributed by atoms with Gasteiger partial charge in [0.05, 0.1) is 5.69 Å². The third-order valence-corrected chi connectivity index (χ3v) is 13.5. The van der Waals surface area contributed by atoms with E-state index in [1.54, 1.807) is 0 Å². The fourth-order valence-corrected chi connectivity index (χ4v) is 10.1. The molecular weight excluding hydrogens is 819 g/mol. The summed E-state index contributed by atoms with van der Waals surface area (Å²) in [6.07, 6.45) is 0. The van der Waals surface area contributed by atoms with E-state index in [0.29, 0.717) is 0 Å². The maximum absolute atomic E-state index is 2.45. The van der Waals surface area contributed by atoms with Gasteiger partial charge in [0.2, 0.25) is 0 Å². The molecule has 12 aromatic carbocycles. The van der Waals surface area contributed by atoms with E-state index in [2.05, 4.69) is 284 Å². The average molecular weight is 866 g/mol. The monoisotopic (exact) mass is 865 g/mol. The van der Waals surface area contributed by atoms with Gasteiger partial charge in [-0.25, -0.2) is 0 Å². The molecule has 0 saturated heterocycles. The number of nitrogens with zero attached hydrogens (tertiary/aromatic N) is 1. The van der Waals surface area contributed by atoms with E-state index in [9.17, 15) is 0 Å². The standard InChI is InChI=1S/C67H47N/c1-5-19-51(20-6-1)63-44-60(67(53-23-9-3-10-24-53)54-33-29-49(30-34-54)57-35-31-47-17-13-15-25-55(47)41-57)43-59-45-66(65(46-64(59)63)52-21-7-2-8-22-52)68(61-27-11-4-12-28-61)62-39-37-50(38-40-62)58-36-32-48-18-14-16-26-56(48)42-58/h1-46,67H. The molecule has 12 rings (SSSR count). The molecule has 0 spiro atoms. The molecule has 1 heteroatoms. The maximum atomic E-state index is 2.45. The summed E-state index contributed by atoms with van der Waals surface area (Å²) in [4.78, 5) is 2.43. The molecule has 320 valence electrons. The molecule has 0 saturated carbocycles. The molecule has 0 bridgehead atoms. The van der Waals surface area contributed by atoms with E-state index in [1.165, 1.54) is 82.4 Å². The van der Waals surface area contributed by atoms with Gasteiger partial charge in [-0.3, -0.25) is 0 Å². The maximum Gasteiger partial charge on any atom is 0.0546 e. The summed E-state index contributed by atoms with van der Waals surface area (Å²) < 4.78 is 0. The van der Waals surface area contributed by atoms with Crippen LogP contribution in [0.25, 0.3) is 76.8 Å². The first-order valence-electron chi connectivity index (χ1n) is 23.5. The Labute approximate surface area is 398 Å². The Morgan fingerprint density at radius 2 is 0.676 bits per heavy atom. The molecule has 1 unspecified atom stereocenters. The van der Waals surface area contributed by atoms with E-state index in [-0.39, 0.29) is 5.92 Å². The number of para-hydroxylation sites is 1. The third-order valence-electron chi connectivity index (χ3n) is 13.5. The summed E-state index contributed by atoms with van der Waals surface area (Å²) in [6, 6.07) is 102. The number of hydrogen-bond donors (Lipinski definition) is 0. The van der Waals surface area contributed by atoms with Crippen LogP contribution in [0.3, 0.4) is 0 Å². The predicted molar refractivity (Wildman–Crippen MR) is 289 cm³/mol. The van der Waals surface area contributed by atoms with Crippen LogP contribution in [0.2, 0.25) is 0 Å². The summed E-state index contributed by atoms with van der Waals surface area (Å²) in [6.45, 7) is 0. The molecule has 0 heterocycles. The Kier molecular flexibility index (Phi) is 10.7. The number of benzene rings is 12. The average Bonchev–Trinajstić information content (AvgIpc) is 3.42. The SMILES string of the molecule is c1ccc(-c2cc3c(-c4ccccc4)cc(C(c4ccccc4)c4ccc(-c5ccc6ccccc6c5)cc4)cc3cc2N(c2ccccc2)c2ccc(-c3ccc4ccccc4c3)cc2)cc1. The molecule has 0 amide bonds. The summed E-state index contributed by atoms with van der Waals surface area (Å²) >= 11 is 0. The zero-order valence-electron chi connectivity index (χ0n) is 37.6. The van der Waals surface area contributed by atoms with Crippen molar-refractivity contribution in [1.82, 2.24) is 0 Å². The second kappa shape index (κ2) is 17.9. The van der Waals surface area contributed by atoms with Crippen LogP contribution >= 0.6 is 0 Å². The normalized spacial score (nSPS) is 11.8. The molecule has 0 fully saturated rings. The van der Waals surface area contributed by atoms with Crippen molar-refractivity contribution >= 4 is 49.4 Å². The van der Waals surface area contributed by atoms with Gasteiger partial charge in [-0.1, -0.05) is 224 Å². The number of rotatable bonds is 10. The summed E-state index contributed by atoms with van der Waals surface area (Å²) in [5.74, 6) is -0.0150. The van der Waals surface area contributed by atoms with Crippen molar-refractivity contribution in [3.05, 3.63) is 296 Å². The highest BCUT2D eigenvalue weighted by molar-refractivity contribution is 6.05. The fourth-order valence-electron chi connectivity index (χ4n) is 10.1. The lowest BCUT2D eigenvalue weighted by Gasteiger charge is -2.29. The van der Waals surface area contributed by atoms with Gasteiger partial charge < -0.3 is 4.90 Å². The van der Waals surface area contributed by atoms with E-state index in [4.69, 9.17) is 0 Å². The molecule has 0 aliphatic carbocycles. The second-order valence-corrected chi connectivity index (χ2v) is 17.7. The minimum atomic E-state index is -0.0150. The Bertz CT molecular complexity index is 3690. The van der Waals surface area contributed by atoms with Gasteiger partial charge >= 0.3 is 0 Å². The Morgan fingerprint density at radius 3 is 1.25 bits per heavy atom. The van der Waals surface area contributed by atoms with Gasteiger partial charge in [0, 0.05) is 22.9 Å². The molecule has 0 aliphatic heterocycles. The number of anilines is 3. The minimum absolute atomic E-state index is 0.0150. The van der Waals surface area contributed by atoms with Crippen molar-refractivity contribution in [2.24, 2.45) is 0 Å². The van der Waals surface area contributed by atoms with Crippen molar-refractivity contribution in [2.45, 2.75) is 5.92 Å². The van der Waals surface area contributed by atoms with Crippen molar-refractivity contribution < 1.29 is 0 Å². The Hall–Kier alpha value is -8.78. The van der Waals surface area contributed by atoms with Crippen LogP contribution in [0, 0.1) is 0 Å². The zero-order chi connectivity index (χ0) is 45.2. The van der Waals surface area contributed by atoms with Crippen LogP contribution in [0.4, 0.5) is 17.1 Å². The first-order valence-corrected chi connectivity index (χ1v) is 23.5. The summed E-state index contributed by atoms with van der Waals surface area (Å²) in [5, 5.41) is 7.38. The van der Waals surface area contributed by atoms with E-state index >= 15 is 0 Å². The van der Waals surface area contributed by atoms with Crippen molar-refractivity contribution in [1.29, 1.82) is 0 Å².